The molecule has 0 bridgehead atoms. The van der Waals surface area contributed by atoms with Crippen LogP contribution in [0.15, 0.2) is 192 Å². The third kappa shape index (κ3) is 4.57. The minimum Gasteiger partial charge on any atom is -0.455 e. The predicted molar refractivity (Wildman–Crippen MR) is 210 cm³/mol. The van der Waals surface area contributed by atoms with Gasteiger partial charge < -0.3 is 8.98 Å². The summed E-state index contributed by atoms with van der Waals surface area (Å²) in [7, 11) is 0. The molecule has 2 heteroatoms. The fourth-order valence-electron chi connectivity index (χ4n) is 7.64. The van der Waals surface area contributed by atoms with Crippen molar-refractivity contribution in [3.63, 3.8) is 0 Å². The fourth-order valence-corrected chi connectivity index (χ4v) is 7.64. The number of fused-ring (bicyclic) bond motifs is 6. The monoisotopic (exact) mass is 637 g/mol. The van der Waals surface area contributed by atoms with Gasteiger partial charge >= 0.3 is 0 Å². The van der Waals surface area contributed by atoms with Crippen LogP contribution in [-0.2, 0) is 0 Å². The van der Waals surface area contributed by atoms with Crippen LogP contribution in [0.2, 0.25) is 0 Å². The van der Waals surface area contributed by atoms with E-state index >= 15 is 0 Å². The van der Waals surface area contributed by atoms with Gasteiger partial charge in [0.15, 0.2) is 0 Å². The summed E-state index contributed by atoms with van der Waals surface area (Å²) in [5.74, 6) is 0. The van der Waals surface area contributed by atoms with E-state index in [1.807, 2.05) is 12.1 Å². The first-order valence-corrected chi connectivity index (χ1v) is 17.1. The van der Waals surface area contributed by atoms with Gasteiger partial charge in [-0.05, 0) is 75.8 Å². The largest absolute Gasteiger partial charge is 0.455 e. The predicted octanol–water partition coefficient (Wildman–Crippen LogP) is 13.4. The van der Waals surface area contributed by atoms with Crippen molar-refractivity contribution in [2.24, 2.45) is 0 Å². The summed E-state index contributed by atoms with van der Waals surface area (Å²) in [6.07, 6.45) is 0. The molecule has 10 aromatic rings. The van der Waals surface area contributed by atoms with Crippen LogP contribution in [-0.4, -0.2) is 4.57 Å². The van der Waals surface area contributed by atoms with Crippen molar-refractivity contribution >= 4 is 43.7 Å². The molecule has 0 saturated carbocycles. The fraction of sp³-hybridized carbons (Fsp3) is 0. The molecule has 0 fully saturated rings. The zero-order valence-corrected chi connectivity index (χ0v) is 27.3. The highest BCUT2D eigenvalue weighted by molar-refractivity contribution is 6.12. The number of para-hydroxylation sites is 3. The molecule has 0 spiro atoms. The van der Waals surface area contributed by atoms with Gasteiger partial charge in [0, 0.05) is 32.7 Å². The van der Waals surface area contributed by atoms with Crippen LogP contribution in [0.4, 0.5) is 0 Å². The number of hydrogen-bond acceptors (Lipinski definition) is 1. The van der Waals surface area contributed by atoms with Gasteiger partial charge in [-0.3, -0.25) is 0 Å². The summed E-state index contributed by atoms with van der Waals surface area (Å²) in [5.41, 5.74) is 14.7. The lowest BCUT2D eigenvalue weighted by Gasteiger charge is -2.15. The maximum absolute atomic E-state index is 6.44. The molecular formula is C48H31NO. The SMILES string of the molecule is c1ccc(-c2ccc3c(c2)c2cc(-c4ccccc4)ccc2n3-c2ccccc2-c2cccc(-c3cccc4c3oc3ccccc34)c2)cc1. The molecule has 0 aliphatic carbocycles. The minimum absolute atomic E-state index is 0.911. The van der Waals surface area contributed by atoms with E-state index in [0.717, 1.165) is 44.3 Å². The number of aromatic nitrogens is 1. The Balaban J connectivity index is 1.18. The standard InChI is InChI=1S/C48H31NO/c1-3-13-32(14-4-1)34-25-27-45-42(30-34)43-31-35(33-15-5-2-6-16-33)26-28-46(43)49(45)44-23-9-7-19-38(44)36-17-11-18-37(29-36)39-21-12-22-41-40-20-8-10-24-47(40)50-48(39)41/h1-31H. The number of benzene rings is 8. The van der Waals surface area contributed by atoms with Crippen LogP contribution in [0, 0.1) is 0 Å². The number of furan rings is 1. The average Bonchev–Trinajstić information content (AvgIpc) is 3.74. The average molecular weight is 638 g/mol. The van der Waals surface area contributed by atoms with E-state index in [1.54, 1.807) is 0 Å². The molecule has 0 unspecified atom stereocenters. The Morgan fingerprint density at radius 1 is 0.320 bits per heavy atom. The van der Waals surface area contributed by atoms with Gasteiger partial charge in [0.2, 0.25) is 0 Å². The first-order valence-electron chi connectivity index (χ1n) is 17.1. The van der Waals surface area contributed by atoms with E-state index < -0.39 is 0 Å². The highest BCUT2D eigenvalue weighted by Gasteiger charge is 2.18. The lowest BCUT2D eigenvalue weighted by atomic mass is 9.96. The molecule has 50 heavy (non-hydrogen) atoms. The lowest BCUT2D eigenvalue weighted by molar-refractivity contribution is 0.670. The van der Waals surface area contributed by atoms with Crippen LogP contribution in [0.1, 0.15) is 0 Å². The Morgan fingerprint density at radius 3 is 1.54 bits per heavy atom. The van der Waals surface area contributed by atoms with Gasteiger partial charge in [0.1, 0.15) is 11.2 Å². The van der Waals surface area contributed by atoms with Gasteiger partial charge in [-0.1, -0.05) is 146 Å². The smallest absolute Gasteiger partial charge is 0.143 e. The van der Waals surface area contributed by atoms with E-state index in [0.29, 0.717) is 0 Å². The third-order valence-corrected chi connectivity index (χ3v) is 10.0. The summed E-state index contributed by atoms with van der Waals surface area (Å²) in [6.45, 7) is 0. The first-order chi connectivity index (χ1) is 24.8. The van der Waals surface area contributed by atoms with Crippen molar-refractivity contribution in [2.75, 3.05) is 0 Å². The maximum atomic E-state index is 6.44. The Kier molecular flexibility index (Phi) is 6.53. The molecule has 0 aliphatic rings. The van der Waals surface area contributed by atoms with Gasteiger partial charge in [0.05, 0.1) is 16.7 Å². The van der Waals surface area contributed by atoms with Crippen LogP contribution in [0.5, 0.6) is 0 Å². The number of nitrogens with zero attached hydrogens (tertiary/aromatic N) is 1. The summed E-state index contributed by atoms with van der Waals surface area (Å²) < 4.78 is 8.88. The van der Waals surface area contributed by atoms with E-state index in [1.165, 1.54) is 49.6 Å². The second kappa shape index (κ2) is 11.5. The Hall–Kier alpha value is -6.64. The van der Waals surface area contributed by atoms with Crippen molar-refractivity contribution in [1.29, 1.82) is 0 Å². The molecule has 10 rings (SSSR count). The molecule has 8 aromatic carbocycles. The molecule has 2 nitrogen and oxygen atoms in total. The molecule has 0 N–H and O–H groups in total. The topological polar surface area (TPSA) is 18.1 Å². The Morgan fingerprint density at radius 2 is 0.840 bits per heavy atom. The normalized spacial score (nSPS) is 11.6. The molecular weight excluding hydrogens is 607 g/mol. The first kappa shape index (κ1) is 28.4. The Labute approximate surface area is 290 Å². The summed E-state index contributed by atoms with van der Waals surface area (Å²) in [5, 5.41) is 4.75. The van der Waals surface area contributed by atoms with Gasteiger partial charge in [-0.25, -0.2) is 0 Å². The zero-order chi connectivity index (χ0) is 33.0. The summed E-state index contributed by atoms with van der Waals surface area (Å²) >= 11 is 0. The minimum atomic E-state index is 0.911. The van der Waals surface area contributed by atoms with Crippen LogP contribution in [0.3, 0.4) is 0 Å². The van der Waals surface area contributed by atoms with Gasteiger partial charge in [-0.2, -0.15) is 0 Å². The molecule has 0 saturated heterocycles. The second-order valence-electron chi connectivity index (χ2n) is 12.9. The van der Waals surface area contributed by atoms with Gasteiger partial charge in [-0.15, -0.1) is 0 Å². The van der Waals surface area contributed by atoms with E-state index in [9.17, 15) is 0 Å². The quantitative estimate of drug-likeness (QED) is 0.184. The Bertz CT molecular complexity index is 2760. The second-order valence-corrected chi connectivity index (χ2v) is 12.9. The molecule has 234 valence electrons. The van der Waals surface area contributed by atoms with Crippen molar-refractivity contribution in [1.82, 2.24) is 4.57 Å². The molecule has 2 heterocycles. The van der Waals surface area contributed by atoms with Crippen LogP contribution >= 0.6 is 0 Å². The summed E-state index contributed by atoms with van der Waals surface area (Å²) in [4.78, 5) is 0. The molecule has 2 aromatic heterocycles. The highest BCUT2D eigenvalue weighted by atomic mass is 16.3. The zero-order valence-electron chi connectivity index (χ0n) is 27.3. The van der Waals surface area contributed by atoms with E-state index in [2.05, 4.69) is 180 Å². The van der Waals surface area contributed by atoms with Crippen molar-refractivity contribution in [3.8, 4) is 50.2 Å². The van der Waals surface area contributed by atoms with E-state index in [4.69, 9.17) is 4.42 Å². The summed E-state index contributed by atoms with van der Waals surface area (Å²) in [6, 6.07) is 67.5. The third-order valence-electron chi connectivity index (χ3n) is 10.0. The maximum Gasteiger partial charge on any atom is 0.143 e. The van der Waals surface area contributed by atoms with Crippen LogP contribution in [0.25, 0.3) is 93.9 Å². The molecule has 0 radical (unpaired) electrons. The van der Waals surface area contributed by atoms with E-state index in [-0.39, 0.29) is 0 Å². The van der Waals surface area contributed by atoms with Crippen LogP contribution < -0.4 is 0 Å². The number of rotatable bonds is 5. The molecule has 0 atom stereocenters. The lowest BCUT2D eigenvalue weighted by Crippen LogP contribution is -1.97. The van der Waals surface area contributed by atoms with Crippen molar-refractivity contribution < 1.29 is 4.42 Å². The molecule has 0 amide bonds. The number of hydrogen-bond donors (Lipinski definition) is 0. The molecule has 0 aliphatic heterocycles. The van der Waals surface area contributed by atoms with Crippen molar-refractivity contribution in [3.05, 3.63) is 188 Å². The highest BCUT2D eigenvalue weighted by Crippen LogP contribution is 2.41. The van der Waals surface area contributed by atoms with Crippen molar-refractivity contribution in [2.45, 2.75) is 0 Å². The van der Waals surface area contributed by atoms with Gasteiger partial charge in [0.25, 0.3) is 0 Å².